The topological polar surface area (TPSA) is 38.8 Å². The van der Waals surface area contributed by atoms with Crippen molar-refractivity contribution < 1.29 is 18.7 Å². The maximum atomic E-state index is 15.6. The van der Waals surface area contributed by atoms with E-state index in [0.717, 1.165) is 5.56 Å². The average molecular weight is 385 g/mol. The minimum absolute atomic E-state index is 0.244. The zero-order valence-corrected chi connectivity index (χ0v) is 16.8. The molecule has 3 rings (SSSR count). The fourth-order valence-corrected chi connectivity index (χ4v) is 3.26. The Kier molecular flexibility index (Phi) is 5.92. The number of halogens is 1. The monoisotopic (exact) mass is 385 g/mol. The van der Waals surface area contributed by atoms with E-state index in [1.165, 1.54) is 0 Å². The smallest absolute Gasteiger partial charge is 0.410 e. The number of likely N-dealkylation sites (tertiary alicyclic amines) is 1. The van der Waals surface area contributed by atoms with E-state index in [4.69, 9.17) is 9.47 Å². The van der Waals surface area contributed by atoms with Gasteiger partial charge in [-0.25, -0.2) is 9.18 Å². The number of ether oxygens (including phenoxy) is 2. The molecule has 0 spiro atoms. The van der Waals surface area contributed by atoms with Crippen LogP contribution in [-0.4, -0.2) is 29.7 Å². The van der Waals surface area contributed by atoms with Gasteiger partial charge in [0.1, 0.15) is 23.6 Å². The lowest BCUT2D eigenvalue weighted by atomic mass is 9.86. The van der Waals surface area contributed by atoms with Gasteiger partial charge in [0, 0.05) is 25.9 Å². The van der Waals surface area contributed by atoms with Crippen molar-refractivity contribution in [2.75, 3.05) is 13.1 Å². The number of rotatable bonds is 4. The second kappa shape index (κ2) is 8.21. The van der Waals surface area contributed by atoms with E-state index in [0.29, 0.717) is 31.0 Å². The maximum absolute atomic E-state index is 15.6. The van der Waals surface area contributed by atoms with Crippen LogP contribution in [0, 0.1) is 0 Å². The number of alkyl halides is 1. The van der Waals surface area contributed by atoms with Crippen molar-refractivity contribution in [2.24, 2.45) is 0 Å². The van der Waals surface area contributed by atoms with Crippen molar-refractivity contribution in [3.63, 3.8) is 0 Å². The quantitative estimate of drug-likeness (QED) is 0.701. The van der Waals surface area contributed by atoms with Crippen LogP contribution in [0.2, 0.25) is 0 Å². The number of benzene rings is 2. The minimum atomic E-state index is -1.47. The third-order valence-corrected chi connectivity index (χ3v) is 4.81. The lowest BCUT2D eigenvalue weighted by Crippen LogP contribution is -2.45. The number of hydrogen-bond acceptors (Lipinski definition) is 3. The highest BCUT2D eigenvalue weighted by atomic mass is 19.1. The maximum Gasteiger partial charge on any atom is 0.410 e. The predicted molar refractivity (Wildman–Crippen MR) is 107 cm³/mol. The van der Waals surface area contributed by atoms with Crippen molar-refractivity contribution >= 4 is 6.09 Å². The van der Waals surface area contributed by atoms with E-state index < -0.39 is 11.3 Å². The second-order valence-electron chi connectivity index (χ2n) is 8.23. The summed E-state index contributed by atoms with van der Waals surface area (Å²) < 4.78 is 26.8. The lowest BCUT2D eigenvalue weighted by molar-refractivity contribution is 0.00214. The number of nitrogens with zero attached hydrogens (tertiary/aromatic N) is 1. The Morgan fingerprint density at radius 2 is 1.75 bits per heavy atom. The Hall–Kier alpha value is -2.56. The zero-order valence-electron chi connectivity index (χ0n) is 16.8. The Bertz CT molecular complexity index is 793. The van der Waals surface area contributed by atoms with E-state index in [2.05, 4.69) is 0 Å². The summed E-state index contributed by atoms with van der Waals surface area (Å²) in [5, 5.41) is 0. The molecule has 0 aromatic heterocycles. The van der Waals surface area contributed by atoms with Gasteiger partial charge >= 0.3 is 6.09 Å². The molecule has 4 nitrogen and oxygen atoms in total. The first kappa shape index (κ1) is 20.2. The number of piperidine rings is 1. The van der Waals surface area contributed by atoms with Crippen molar-refractivity contribution in [1.29, 1.82) is 0 Å². The molecule has 0 N–H and O–H groups in total. The molecule has 1 saturated heterocycles. The largest absolute Gasteiger partial charge is 0.489 e. The first-order valence-corrected chi connectivity index (χ1v) is 9.69. The predicted octanol–water partition coefficient (Wildman–Crippen LogP) is 5.46. The highest BCUT2D eigenvalue weighted by molar-refractivity contribution is 5.68. The van der Waals surface area contributed by atoms with Gasteiger partial charge in [0.25, 0.3) is 0 Å². The van der Waals surface area contributed by atoms with Crippen LogP contribution in [0.1, 0.15) is 44.7 Å². The first-order chi connectivity index (χ1) is 13.3. The van der Waals surface area contributed by atoms with E-state index in [9.17, 15) is 4.79 Å². The number of amides is 1. The van der Waals surface area contributed by atoms with E-state index in [1.807, 2.05) is 63.2 Å². The molecular weight excluding hydrogens is 357 g/mol. The molecular formula is C23H28FNO3. The fourth-order valence-electron chi connectivity index (χ4n) is 3.26. The summed E-state index contributed by atoms with van der Waals surface area (Å²) in [5.41, 5.74) is -0.355. The van der Waals surface area contributed by atoms with Crippen LogP contribution in [0.3, 0.4) is 0 Å². The summed E-state index contributed by atoms with van der Waals surface area (Å²) in [5.74, 6) is 0.646. The van der Waals surface area contributed by atoms with E-state index in [1.54, 1.807) is 17.0 Å². The molecule has 1 amide bonds. The van der Waals surface area contributed by atoms with Crippen molar-refractivity contribution in [3.8, 4) is 5.75 Å². The summed E-state index contributed by atoms with van der Waals surface area (Å²) in [7, 11) is 0. The molecule has 1 heterocycles. The molecule has 28 heavy (non-hydrogen) atoms. The van der Waals surface area contributed by atoms with Crippen LogP contribution >= 0.6 is 0 Å². The van der Waals surface area contributed by atoms with E-state index in [-0.39, 0.29) is 18.9 Å². The molecule has 0 atom stereocenters. The summed E-state index contributed by atoms with van der Waals surface area (Å²) in [4.78, 5) is 13.8. The normalized spacial score (nSPS) is 16.5. The van der Waals surface area contributed by atoms with Crippen LogP contribution in [-0.2, 0) is 17.0 Å². The van der Waals surface area contributed by atoms with E-state index >= 15 is 4.39 Å². The Balaban J connectivity index is 1.61. The summed E-state index contributed by atoms with van der Waals surface area (Å²) >= 11 is 0. The van der Waals surface area contributed by atoms with Crippen LogP contribution in [0.5, 0.6) is 5.75 Å². The van der Waals surface area contributed by atoms with Crippen LogP contribution in [0.25, 0.3) is 0 Å². The van der Waals surface area contributed by atoms with Crippen molar-refractivity contribution in [1.82, 2.24) is 4.90 Å². The molecule has 150 valence electrons. The van der Waals surface area contributed by atoms with Crippen LogP contribution in [0.15, 0.2) is 54.6 Å². The van der Waals surface area contributed by atoms with Gasteiger partial charge in [0.2, 0.25) is 0 Å². The third kappa shape index (κ3) is 5.24. The molecule has 1 fully saturated rings. The van der Waals surface area contributed by atoms with Gasteiger partial charge in [-0.05, 0) is 44.0 Å². The summed E-state index contributed by atoms with van der Waals surface area (Å²) in [6.07, 6.45) is 0.109. The van der Waals surface area contributed by atoms with Crippen molar-refractivity contribution in [2.45, 2.75) is 51.5 Å². The Morgan fingerprint density at radius 3 is 2.39 bits per heavy atom. The second-order valence-corrected chi connectivity index (χ2v) is 8.23. The number of carbonyl (C=O) groups is 1. The SMILES string of the molecule is CC(C)(C)OC(=O)N1CCC(F)(c2cccc(OCc3ccccc3)c2)CC1. The van der Waals surface area contributed by atoms with Gasteiger partial charge in [-0.1, -0.05) is 42.5 Å². The fraction of sp³-hybridized carbons (Fsp3) is 0.435. The Morgan fingerprint density at radius 1 is 1.07 bits per heavy atom. The molecule has 2 aromatic carbocycles. The van der Waals surface area contributed by atoms with Crippen LogP contribution < -0.4 is 4.74 Å². The first-order valence-electron chi connectivity index (χ1n) is 9.69. The highest BCUT2D eigenvalue weighted by Gasteiger charge is 2.38. The lowest BCUT2D eigenvalue weighted by Gasteiger charge is -2.37. The van der Waals surface area contributed by atoms with Gasteiger partial charge in [-0.2, -0.15) is 0 Å². The van der Waals surface area contributed by atoms with Gasteiger partial charge in [0.15, 0.2) is 0 Å². The number of hydrogen-bond donors (Lipinski definition) is 0. The standard InChI is InChI=1S/C23H28FNO3/c1-22(2,3)28-21(26)25-14-12-23(24,13-15-25)19-10-7-11-20(16-19)27-17-18-8-5-4-6-9-18/h4-11,16H,12-15,17H2,1-3H3. The van der Waals surface area contributed by atoms with Gasteiger partial charge < -0.3 is 14.4 Å². The molecule has 0 bridgehead atoms. The minimum Gasteiger partial charge on any atom is -0.489 e. The molecule has 0 radical (unpaired) electrons. The van der Waals surface area contributed by atoms with Gasteiger partial charge in [-0.15, -0.1) is 0 Å². The summed E-state index contributed by atoms with van der Waals surface area (Å²) in [6.45, 7) is 6.59. The van der Waals surface area contributed by atoms with Crippen LogP contribution in [0.4, 0.5) is 9.18 Å². The highest BCUT2D eigenvalue weighted by Crippen LogP contribution is 2.38. The molecule has 0 saturated carbocycles. The average Bonchev–Trinajstić information content (AvgIpc) is 2.67. The molecule has 1 aliphatic rings. The van der Waals surface area contributed by atoms with Gasteiger partial charge in [0.05, 0.1) is 0 Å². The zero-order chi connectivity index (χ0) is 20.2. The molecule has 2 aromatic rings. The number of carbonyl (C=O) groups excluding carboxylic acids is 1. The third-order valence-electron chi connectivity index (χ3n) is 4.81. The molecule has 0 aliphatic carbocycles. The summed E-state index contributed by atoms with van der Waals surface area (Å²) in [6, 6.07) is 17.1. The van der Waals surface area contributed by atoms with Crippen molar-refractivity contribution in [3.05, 3.63) is 65.7 Å². The molecule has 5 heteroatoms. The molecule has 0 unspecified atom stereocenters. The van der Waals surface area contributed by atoms with Gasteiger partial charge in [-0.3, -0.25) is 0 Å². The molecule has 1 aliphatic heterocycles. The Labute approximate surface area is 166 Å².